The van der Waals surface area contributed by atoms with E-state index in [1.54, 1.807) is 0 Å². The second-order valence-corrected chi connectivity index (χ2v) is 7.32. The van der Waals surface area contributed by atoms with Gasteiger partial charge in [0.05, 0.1) is 0 Å². The van der Waals surface area contributed by atoms with E-state index >= 15 is 0 Å². The minimum Gasteiger partial charge on any atom is -0.0625 e. The molecule has 2 aliphatic rings. The monoisotopic (exact) mass is 236 g/mol. The topological polar surface area (TPSA) is 0 Å². The summed E-state index contributed by atoms with van der Waals surface area (Å²) in [5.74, 6) is 5.98. The molecule has 100 valence electrons. The van der Waals surface area contributed by atoms with Crippen molar-refractivity contribution in [2.45, 2.75) is 72.6 Å². The van der Waals surface area contributed by atoms with Gasteiger partial charge >= 0.3 is 0 Å². The second-order valence-electron chi connectivity index (χ2n) is 7.32. The number of rotatable bonds is 2. The molecular weight excluding hydrogens is 204 g/mol. The molecule has 0 aliphatic heterocycles. The predicted octanol–water partition coefficient (Wildman–Crippen LogP) is 5.52. The maximum atomic E-state index is 2.55. The number of hydrogen-bond donors (Lipinski definition) is 0. The average Bonchev–Trinajstić information content (AvgIpc) is 2.58. The van der Waals surface area contributed by atoms with Crippen LogP contribution < -0.4 is 0 Å². The van der Waals surface area contributed by atoms with Gasteiger partial charge in [0, 0.05) is 0 Å². The summed E-state index contributed by atoms with van der Waals surface area (Å²) in [6.07, 6.45) is 10.5. The van der Waals surface area contributed by atoms with Gasteiger partial charge in [-0.25, -0.2) is 0 Å². The first kappa shape index (κ1) is 13.4. The molecule has 2 aliphatic carbocycles. The van der Waals surface area contributed by atoms with E-state index in [4.69, 9.17) is 0 Å². The molecule has 0 spiro atoms. The van der Waals surface area contributed by atoms with Crippen molar-refractivity contribution in [3.63, 3.8) is 0 Å². The third-order valence-electron chi connectivity index (χ3n) is 5.88. The van der Waals surface area contributed by atoms with E-state index in [-0.39, 0.29) is 0 Å². The molecule has 0 saturated heterocycles. The van der Waals surface area contributed by atoms with Crippen LogP contribution in [0.4, 0.5) is 0 Å². The first-order valence-corrected chi connectivity index (χ1v) is 8.11. The van der Waals surface area contributed by atoms with Gasteiger partial charge < -0.3 is 0 Å². The molecule has 0 nitrogen and oxygen atoms in total. The van der Waals surface area contributed by atoms with Crippen molar-refractivity contribution in [1.29, 1.82) is 0 Å². The van der Waals surface area contributed by atoms with E-state index in [0.29, 0.717) is 0 Å². The van der Waals surface area contributed by atoms with Gasteiger partial charge in [0.2, 0.25) is 0 Å². The van der Waals surface area contributed by atoms with Crippen LogP contribution in [0.1, 0.15) is 72.6 Å². The molecule has 0 heteroatoms. The molecule has 2 saturated carbocycles. The fourth-order valence-electron chi connectivity index (χ4n) is 4.92. The van der Waals surface area contributed by atoms with Crippen molar-refractivity contribution >= 4 is 0 Å². The molecule has 5 unspecified atom stereocenters. The van der Waals surface area contributed by atoms with Crippen LogP contribution in [0.25, 0.3) is 0 Å². The first-order valence-electron chi connectivity index (χ1n) is 8.11. The summed E-state index contributed by atoms with van der Waals surface area (Å²) in [5.41, 5.74) is 0. The van der Waals surface area contributed by atoms with Gasteiger partial charge in [-0.15, -0.1) is 0 Å². The normalized spacial score (nSPS) is 43.9. The summed E-state index contributed by atoms with van der Waals surface area (Å²) in [6.45, 7) is 10.0. The molecule has 0 radical (unpaired) electrons. The SMILES string of the molecule is CC(C)C1CCCCC(C)C1C1CCCC1C. The lowest BCUT2D eigenvalue weighted by molar-refractivity contribution is 0.0993. The first-order chi connectivity index (χ1) is 8.11. The maximum Gasteiger partial charge on any atom is -0.0327 e. The van der Waals surface area contributed by atoms with Crippen LogP contribution in [0.2, 0.25) is 0 Å². The highest BCUT2D eigenvalue weighted by Gasteiger charge is 2.40. The van der Waals surface area contributed by atoms with E-state index in [2.05, 4.69) is 27.7 Å². The molecule has 0 aromatic heterocycles. The zero-order valence-electron chi connectivity index (χ0n) is 12.4. The van der Waals surface area contributed by atoms with Crippen molar-refractivity contribution < 1.29 is 0 Å². The Balaban J connectivity index is 2.16. The Morgan fingerprint density at radius 2 is 1.41 bits per heavy atom. The summed E-state index contributed by atoms with van der Waals surface area (Å²) in [5, 5.41) is 0. The second kappa shape index (κ2) is 5.76. The zero-order chi connectivity index (χ0) is 12.4. The standard InChI is InChI=1S/C17H32/c1-12(2)15-10-6-5-8-14(4)17(15)16-11-7-9-13(16)3/h12-17H,5-11H2,1-4H3. The van der Waals surface area contributed by atoms with Crippen LogP contribution in [0.3, 0.4) is 0 Å². The van der Waals surface area contributed by atoms with Gasteiger partial charge in [-0.05, 0) is 48.3 Å². The summed E-state index contributed by atoms with van der Waals surface area (Å²) in [7, 11) is 0. The summed E-state index contributed by atoms with van der Waals surface area (Å²) in [4.78, 5) is 0. The molecule has 0 heterocycles. The maximum absolute atomic E-state index is 2.55. The third kappa shape index (κ3) is 2.88. The van der Waals surface area contributed by atoms with Crippen LogP contribution in [0.15, 0.2) is 0 Å². The lowest BCUT2D eigenvalue weighted by atomic mass is 9.67. The molecule has 2 fully saturated rings. The van der Waals surface area contributed by atoms with Crippen molar-refractivity contribution in [3.05, 3.63) is 0 Å². The van der Waals surface area contributed by atoms with Crippen LogP contribution in [-0.4, -0.2) is 0 Å². The van der Waals surface area contributed by atoms with Crippen molar-refractivity contribution in [2.75, 3.05) is 0 Å². The van der Waals surface area contributed by atoms with Gasteiger partial charge in [0.1, 0.15) is 0 Å². The van der Waals surface area contributed by atoms with Gasteiger partial charge in [0.15, 0.2) is 0 Å². The smallest absolute Gasteiger partial charge is 0.0327 e. The number of hydrogen-bond acceptors (Lipinski definition) is 0. The van der Waals surface area contributed by atoms with Crippen LogP contribution in [0.5, 0.6) is 0 Å². The van der Waals surface area contributed by atoms with Crippen molar-refractivity contribution in [1.82, 2.24) is 0 Å². The van der Waals surface area contributed by atoms with Crippen LogP contribution in [-0.2, 0) is 0 Å². The van der Waals surface area contributed by atoms with E-state index in [9.17, 15) is 0 Å². The van der Waals surface area contributed by atoms with Crippen molar-refractivity contribution in [2.24, 2.45) is 35.5 Å². The molecule has 0 N–H and O–H groups in total. The Bertz CT molecular complexity index is 230. The van der Waals surface area contributed by atoms with E-state index < -0.39 is 0 Å². The molecule has 0 bridgehead atoms. The molecule has 0 aromatic rings. The van der Waals surface area contributed by atoms with Crippen LogP contribution in [0, 0.1) is 35.5 Å². The molecule has 0 aromatic carbocycles. The van der Waals surface area contributed by atoms with Crippen LogP contribution >= 0.6 is 0 Å². The van der Waals surface area contributed by atoms with Gasteiger partial charge in [-0.1, -0.05) is 59.8 Å². The highest BCUT2D eigenvalue weighted by atomic mass is 14.4. The Morgan fingerprint density at radius 1 is 0.765 bits per heavy atom. The lowest BCUT2D eigenvalue weighted by Crippen LogP contribution is -2.32. The highest BCUT2D eigenvalue weighted by Crippen LogP contribution is 2.48. The summed E-state index contributed by atoms with van der Waals surface area (Å²) in [6, 6.07) is 0. The fraction of sp³-hybridized carbons (Fsp3) is 1.00. The molecule has 0 amide bonds. The minimum atomic E-state index is 0.897. The highest BCUT2D eigenvalue weighted by molar-refractivity contribution is 4.89. The lowest BCUT2D eigenvalue weighted by Gasteiger charge is -2.39. The molecule has 5 atom stereocenters. The zero-order valence-corrected chi connectivity index (χ0v) is 12.4. The average molecular weight is 236 g/mol. The fourth-order valence-corrected chi connectivity index (χ4v) is 4.92. The van der Waals surface area contributed by atoms with E-state index in [1.165, 1.54) is 44.9 Å². The van der Waals surface area contributed by atoms with E-state index in [1.807, 2.05) is 0 Å². The molecular formula is C17H32. The molecule has 2 rings (SSSR count). The summed E-state index contributed by atoms with van der Waals surface area (Å²) >= 11 is 0. The largest absolute Gasteiger partial charge is 0.0625 e. The Hall–Kier alpha value is 0. The minimum absolute atomic E-state index is 0.897. The van der Waals surface area contributed by atoms with Gasteiger partial charge in [-0.3, -0.25) is 0 Å². The van der Waals surface area contributed by atoms with Gasteiger partial charge in [-0.2, -0.15) is 0 Å². The van der Waals surface area contributed by atoms with Crippen molar-refractivity contribution in [3.8, 4) is 0 Å². The summed E-state index contributed by atoms with van der Waals surface area (Å²) < 4.78 is 0. The van der Waals surface area contributed by atoms with E-state index in [0.717, 1.165) is 35.5 Å². The quantitative estimate of drug-likeness (QED) is 0.554. The molecule has 17 heavy (non-hydrogen) atoms. The Morgan fingerprint density at radius 3 is 2.00 bits per heavy atom. The van der Waals surface area contributed by atoms with Gasteiger partial charge in [0.25, 0.3) is 0 Å². The Kier molecular flexibility index (Phi) is 4.55. The third-order valence-corrected chi connectivity index (χ3v) is 5.88. The Labute approximate surface area is 109 Å². The predicted molar refractivity (Wildman–Crippen MR) is 76.0 cm³/mol.